The van der Waals surface area contributed by atoms with E-state index in [0.29, 0.717) is 0 Å². The van der Waals surface area contributed by atoms with Gasteiger partial charge in [-0.1, -0.05) is 25.1 Å². The molecule has 0 aromatic heterocycles. The molecular formula is C10H13N. The van der Waals surface area contributed by atoms with Gasteiger partial charge in [0.25, 0.3) is 0 Å². The van der Waals surface area contributed by atoms with Gasteiger partial charge >= 0.3 is 0 Å². The van der Waals surface area contributed by atoms with Gasteiger partial charge in [0, 0.05) is 18.2 Å². The summed E-state index contributed by atoms with van der Waals surface area (Å²) in [4.78, 5) is 0. The summed E-state index contributed by atoms with van der Waals surface area (Å²) in [7, 11) is 0. The Labute approximate surface area is 67.4 Å². The third-order valence-electron chi connectivity index (χ3n) is 2.43. The maximum Gasteiger partial charge on any atom is 0.0376 e. The Hall–Kier alpha value is -0.980. The minimum Gasteiger partial charge on any atom is -0.384 e. The monoisotopic (exact) mass is 147 g/mol. The minimum absolute atomic E-state index is 0.742. The Morgan fingerprint density at radius 1 is 1.45 bits per heavy atom. The van der Waals surface area contributed by atoms with Crippen molar-refractivity contribution in [2.24, 2.45) is 0 Å². The molecule has 0 unspecified atom stereocenters. The fraction of sp³-hybridized carbons (Fsp3) is 0.400. The standard InChI is InChI=1S/C10H13N/c1-2-8-7-11-10-6-4-3-5-9(8)10/h3-6,8,11H,2,7H2,1H3/t8-/m0/s1. The lowest BCUT2D eigenvalue weighted by Gasteiger charge is -2.04. The van der Waals surface area contributed by atoms with Crippen LogP contribution in [0.3, 0.4) is 0 Å². The molecule has 1 aromatic carbocycles. The highest BCUT2D eigenvalue weighted by Crippen LogP contribution is 2.32. The van der Waals surface area contributed by atoms with Crippen LogP contribution in [-0.2, 0) is 0 Å². The van der Waals surface area contributed by atoms with Crippen LogP contribution in [0.15, 0.2) is 24.3 Å². The zero-order valence-corrected chi connectivity index (χ0v) is 6.80. The third-order valence-corrected chi connectivity index (χ3v) is 2.43. The van der Waals surface area contributed by atoms with E-state index in [1.807, 2.05) is 0 Å². The van der Waals surface area contributed by atoms with Gasteiger partial charge < -0.3 is 5.32 Å². The lowest BCUT2D eigenvalue weighted by molar-refractivity contribution is 0.727. The predicted molar refractivity (Wildman–Crippen MR) is 48.0 cm³/mol. The normalized spacial score (nSPS) is 21.0. The second-order valence-corrected chi connectivity index (χ2v) is 3.07. The first-order valence-corrected chi connectivity index (χ1v) is 4.24. The molecule has 1 nitrogen and oxygen atoms in total. The highest BCUT2D eigenvalue weighted by atomic mass is 14.9. The maximum atomic E-state index is 3.40. The molecule has 58 valence electrons. The first kappa shape index (κ1) is 6.71. The molecule has 1 aliphatic heterocycles. The second-order valence-electron chi connectivity index (χ2n) is 3.07. The first-order chi connectivity index (χ1) is 5.42. The minimum atomic E-state index is 0.742. The van der Waals surface area contributed by atoms with Gasteiger partial charge in [-0.05, 0) is 18.1 Å². The van der Waals surface area contributed by atoms with Gasteiger partial charge in [-0.2, -0.15) is 0 Å². The Kier molecular flexibility index (Phi) is 1.57. The smallest absolute Gasteiger partial charge is 0.0376 e. The lowest BCUT2D eigenvalue weighted by atomic mass is 9.99. The molecule has 1 aromatic rings. The topological polar surface area (TPSA) is 12.0 Å². The summed E-state index contributed by atoms with van der Waals surface area (Å²) in [6.45, 7) is 3.37. The van der Waals surface area contributed by atoms with Crippen LogP contribution in [-0.4, -0.2) is 6.54 Å². The molecule has 1 atom stereocenters. The molecule has 0 saturated carbocycles. The van der Waals surface area contributed by atoms with Gasteiger partial charge in [-0.3, -0.25) is 0 Å². The van der Waals surface area contributed by atoms with E-state index < -0.39 is 0 Å². The highest BCUT2D eigenvalue weighted by molar-refractivity contribution is 5.57. The van der Waals surface area contributed by atoms with Crippen LogP contribution >= 0.6 is 0 Å². The van der Waals surface area contributed by atoms with Gasteiger partial charge in [-0.15, -0.1) is 0 Å². The van der Waals surface area contributed by atoms with E-state index in [0.717, 1.165) is 12.5 Å². The number of para-hydroxylation sites is 1. The van der Waals surface area contributed by atoms with Crippen LogP contribution in [0.4, 0.5) is 5.69 Å². The van der Waals surface area contributed by atoms with E-state index >= 15 is 0 Å². The van der Waals surface area contributed by atoms with E-state index in [4.69, 9.17) is 0 Å². The summed E-state index contributed by atoms with van der Waals surface area (Å²) in [5.41, 5.74) is 2.83. The molecule has 2 rings (SSSR count). The molecular weight excluding hydrogens is 134 g/mol. The largest absolute Gasteiger partial charge is 0.384 e. The Balaban J connectivity index is 2.39. The fourth-order valence-corrected chi connectivity index (χ4v) is 1.72. The van der Waals surface area contributed by atoms with E-state index in [1.54, 1.807) is 0 Å². The zero-order chi connectivity index (χ0) is 7.68. The van der Waals surface area contributed by atoms with Crippen LogP contribution in [0.25, 0.3) is 0 Å². The predicted octanol–water partition coefficient (Wildman–Crippen LogP) is 2.61. The molecule has 1 N–H and O–H groups in total. The number of anilines is 1. The quantitative estimate of drug-likeness (QED) is 0.643. The SMILES string of the molecule is CC[C@H]1CNc2ccccc21. The molecule has 1 aliphatic rings. The summed E-state index contributed by atoms with van der Waals surface area (Å²) in [5.74, 6) is 0.742. The molecule has 0 aliphatic carbocycles. The lowest BCUT2D eigenvalue weighted by Crippen LogP contribution is -1.99. The number of hydrogen-bond donors (Lipinski definition) is 1. The van der Waals surface area contributed by atoms with Crippen molar-refractivity contribution in [2.75, 3.05) is 11.9 Å². The van der Waals surface area contributed by atoms with Crippen molar-refractivity contribution in [3.8, 4) is 0 Å². The Morgan fingerprint density at radius 2 is 2.27 bits per heavy atom. The van der Waals surface area contributed by atoms with Gasteiger partial charge in [0.2, 0.25) is 0 Å². The summed E-state index contributed by atoms with van der Waals surface area (Å²) in [6, 6.07) is 8.59. The van der Waals surface area contributed by atoms with Crippen LogP contribution in [0, 0.1) is 0 Å². The van der Waals surface area contributed by atoms with Crippen LogP contribution in [0.5, 0.6) is 0 Å². The van der Waals surface area contributed by atoms with Gasteiger partial charge in [0.1, 0.15) is 0 Å². The Bertz CT molecular complexity index is 255. The average molecular weight is 147 g/mol. The molecule has 1 heteroatoms. The van der Waals surface area contributed by atoms with Crippen molar-refractivity contribution in [1.82, 2.24) is 0 Å². The molecule has 11 heavy (non-hydrogen) atoms. The Morgan fingerprint density at radius 3 is 3.09 bits per heavy atom. The summed E-state index contributed by atoms with van der Waals surface area (Å²) in [6.07, 6.45) is 1.24. The van der Waals surface area contributed by atoms with E-state index in [1.165, 1.54) is 17.7 Å². The third kappa shape index (κ3) is 1.01. The van der Waals surface area contributed by atoms with Crippen LogP contribution in [0.1, 0.15) is 24.8 Å². The molecule has 0 spiro atoms. The van der Waals surface area contributed by atoms with Crippen LogP contribution in [0.2, 0.25) is 0 Å². The fourth-order valence-electron chi connectivity index (χ4n) is 1.72. The summed E-state index contributed by atoms with van der Waals surface area (Å²) in [5, 5.41) is 3.40. The van der Waals surface area contributed by atoms with E-state index in [2.05, 4.69) is 36.5 Å². The van der Waals surface area contributed by atoms with Gasteiger partial charge in [0.15, 0.2) is 0 Å². The number of rotatable bonds is 1. The molecule has 0 fully saturated rings. The zero-order valence-electron chi connectivity index (χ0n) is 6.80. The molecule has 0 amide bonds. The van der Waals surface area contributed by atoms with Crippen molar-refractivity contribution in [1.29, 1.82) is 0 Å². The second kappa shape index (κ2) is 2.57. The number of hydrogen-bond acceptors (Lipinski definition) is 1. The van der Waals surface area contributed by atoms with Gasteiger partial charge in [0.05, 0.1) is 0 Å². The summed E-state index contributed by atoms with van der Waals surface area (Å²) >= 11 is 0. The number of benzene rings is 1. The van der Waals surface area contributed by atoms with Crippen LogP contribution < -0.4 is 5.32 Å². The van der Waals surface area contributed by atoms with Crippen molar-refractivity contribution in [2.45, 2.75) is 19.3 Å². The van der Waals surface area contributed by atoms with Gasteiger partial charge in [-0.25, -0.2) is 0 Å². The van der Waals surface area contributed by atoms with E-state index in [9.17, 15) is 0 Å². The first-order valence-electron chi connectivity index (χ1n) is 4.24. The van der Waals surface area contributed by atoms with E-state index in [-0.39, 0.29) is 0 Å². The number of fused-ring (bicyclic) bond motifs is 1. The molecule has 1 heterocycles. The molecule has 0 saturated heterocycles. The van der Waals surface area contributed by atoms with Crippen molar-refractivity contribution >= 4 is 5.69 Å². The average Bonchev–Trinajstić information content (AvgIpc) is 2.47. The highest BCUT2D eigenvalue weighted by Gasteiger charge is 2.18. The number of nitrogens with one attached hydrogen (secondary N) is 1. The van der Waals surface area contributed by atoms with Crippen molar-refractivity contribution in [3.05, 3.63) is 29.8 Å². The van der Waals surface area contributed by atoms with Crippen molar-refractivity contribution in [3.63, 3.8) is 0 Å². The summed E-state index contributed by atoms with van der Waals surface area (Å²) < 4.78 is 0. The molecule has 0 radical (unpaired) electrons. The van der Waals surface area contributed by atoms with Crippen molar-refractivity contribution < 1.29 is 0 Å². The molecule has 0 bridgehead atoms. The maximum absolute atomic E-state index is 3.40.